The average Bonchev–Trinajstić information content (AvgIpc) is 3.26. The Balaban J connectivity index is 1.48. The fourth-order valence-corrected chi connectivity index (χ4v) is 3.97. The van der Waals surface area contributed by atoms with Gasteiger partial charge in [0.05, 0.1) is 24.8 Å². The van der Waals surface area contributed by atoms with Crippen LogP contribution in [-0.2, 0) is 4.74 Å². The van der Waals surface area contributed by atoms with Crippen LogP contribution in [0.5, 0.6) is 0 Å². The third-order valence-corrected chi connectivity index (χ3v) is 5.58. The number of furan rings is 1. The molecule has 1 aliphatic rings. The maximum absolute atomic E-state index is 6.01. The molecule has 7 heteroatoms. The van der Waals surface area contributed by atoms with Gasteiger partial charge in [0.2, 0.25) is 0 Å². The third kappa shape index (κ3) is 4.28. The largest absolute Gasteiger partial charge is 0.465 e. The molecule has 1 unspecified atom stereocenters. The van der Waals surface area contributed by atoms with Crippen molar-refractivity contribution >= 4 is 16.7 Å². The van der Waals surface area contributed by atoms with Crippen LogP contribution in [0.3, 0.4) is 0 Å². The number of morpholine rings is 1. The summed E-state index contributed by atoms with van der Waals surface area (Å²) in [4.78, 5) is 16.1. The maximum atomic E-state index is 6.01. The van der Waals surface area contributed by atoms with Crippen LogP contribution in [0, 0.1) is 6.92 Å². The van der Waals surface area contributed by atoms with Crippen LogP contribution in [0.2, 0.25) is 0 Å². The number of hydrogen-bond acceptors (Lipinski definition) is 7. The number of hydrogen-bond donors (Lipinski definition) is 1. The lowest BCUT2D eigenvalue weighted by Crippen LogP contribution is -2.41. The Morgan fingerprint density at radius 2 is 1.81 bits per heavy atom. The molecule has 1 aliphatic heterocycles. The van der Waals surface area contributed by atoms with E-state index in [1.807, 2.05) is 43.3 Å². The number of anilines is 1. The van der Waals surface area contributed by atoms with Crippen LogP contribution in [0.4, 0.5) is 5.82 Å². The summed E-state index contributed by atoms with van der Waals surface area (Å²) in [6.07, 6.45) is 3.52. The number of benzene rings is 1. The molecule has 4 heterocycles. The van der Waals surface area contributed by atoms with Crippen LogP contribution >= 0.6 is 0 Å². The SMILES string of the molecule is Cc1ccc(C(CNc2nc(-c3ccncc3)nc3ccccc23)N2CCOCC2)o1. The predicted octanol–water partition coefficient (Wildman–Crippen LogP) is 4.08. The minimum absolute atomic E-state index is 0.0932. The standard InChI is InChI=1S/C24H25N5O2/c1-17-6-7-22(31-17)21(29-12-14-30-15-13-29)16-26-24-19-4-2-3-5-20(19)27-23(28-24)18-8-10-25-11-9-18/h2-11,21H,12-16H2,1H3,(H,26,27,28). The van der Waals surface area contributed by atoms with E-state index in [4.69, 9.17) is 19.1 Å². The highest BCUT2D eigenvalue weighted by molar-refractivity contribution is 5.90. The van der Waals surface area contributed by atoms with Crippen LogP contribution in [0.15, 0.2) is 65.3 Å². The molecule has 3 aromatic heterocycles. The molecule has 0 radical (unpaired) electrons. The van der Waals surface area contributed by atoms with E-state index in [0.717, 1.165) is 60.1 Å². The van der Waals surface area contributed by atoms with Crippen LogP contribution in [-0.4, -0.2) is 52.7 Å². The zero-order valence-electron chi connectivity index (χ0n) is 17.5. The topological polar surface area (TPSA) is 76.3 Å². The molecule has 1 aromatic carbocycles. The molecule has 31 heavy (non-hydrogen) atoms. The third-order valence-electron chi connectivity index (χ3n) is 5.58. The minimum Gasteiger partial charge on any atom is -0.465 e. The Morgan fingerprint density at radius 3 is 2.58 bits per heavy atom. The fraction of sp³-hybridized carbons (Fsp3) is 0.292. The Bertz CT molecular complexity index is 1160. The molecular formula is C24H25N5O2. The van der Waals surface area contributed by atoms with E-state index >= 15 is 0 Å². The van der Waals surface area contributed by atoms with E-state index in [2.05, 4.69) is 27.3 Å². The van der Waals surface area contributed by atoms with Gasteiger partial charge in [-0.3, -0.25) is 9.88 Å². The normalized spacial score (nSPS) is 15.8. The lowest BCUT2D eigenvalue weighted by molar-refractivity contribution is 0.0143. The zero-order chi connectivity index (χ0) is 21.0. The lowest BCUT2D eigenvalue weighted by atomic mass is 10.1. The number of aromatic nitrogens is 3. The first kappa shape index (κ1) is 19.7. The zero-order valence-corrected chi connectivity index (χ0v) is 17.5. The van der Waals surface area contributed by atoms with Gasteiger partial charge in [0.15, 0.2) is 5.82 Å². The molecule has 5 rings (SSSR count). The lowest BCUT2D eigenvalue weighted by Gasteiger charge is -2.33. The summed E-state index contributed by atoms with van der Waals surface area (Å²) >= 11 is 0. The summed E-state index contributed by atoms with van der Waals surface area (Å²) in [6, 6.07) is 16.1. The van der Waals surface area contributed by atoms with Gasteiger partial charge in [0, 0.05) is 43.0 Å². The summed E-state index contributed by atoms with van der Waals surface area (Å²) < 4.78 is 11.6. The number of ether oxygens (including phenoxy) is 1. The highest BCUT2D eigenvalue weighted by Crippen LogP contribution is 2.28. The molecule has 7 nitrogen and oxygen atoms in total. The smallest absolute Gasteiger partial charge is 0.162 e. The van der Waals surface area contributed by atoms with Crippen molar-refractivity contribution in [2.24, 2.45) is 0 Å². The van der Waals surface area contributed by atoms with Crippen molar-refractivity contribution in [1.82, 2.24) is 19.9 Å². The van der Waals surface area contributed by atoms with Gasteiger partial charge >= 0.3 is 0 Å². The van der Waals surface area contributed by atoms with Crippen molar-refractivity contribution in [2.45, 2.75) is 13.0 Å². The van der Waals surface area contributed by atoms with E-state index in [1.54, 1.807) is 12.4 Å². The first-order valence-corrected chi connectivity index (χ1v) is 10.6. The van der Waals surface area contributed by atoms with Crippen molar-refractivity contribution in [1.29, 1.82) is 0 Å². The number of fused-ring (bicyclic) bond motifs is 1. The van der Waals surface area contributed by atoms with Gasteiger partial charge in [0.25, 0.3) is 0 Å². The Morgan fingerprint density at radius 1 is 1.00 bits per heavy atom. The van der Waals surface area contributed by atoms with Gasteiger partial charge in [-0.15, -0.1) is 0 Å². The van der Waals surface area contributed by atoms with E-state index in [0.29, 0.717) is 12.4 Å². The van der Waals surface area contributed by atoms with Gasteiger partial charge < -0.3 is 14.5 Å². The van der Waals surface area contributed by atoms with Crippen LogP contribution in [0.1, 0.15) is 17.6 Å². The first-order valence-electron chi connectivity index (χ1n) is 10.6. The second-order valence-corrected chi connectivity index (χ2v) is 7.64. The molecule has 1 atom stereocenters. The van der Waals surface area contributed by atoms with Crippen molar-refractivity contribution in [3.63, 3.8) is 0 Å². The summed E-state index contributed by atoms with van der Waals surface area (Å²) in [7, 11) is 0. The van der Waals surface area contributed by atoms with E-state index in [9.17, 15) is 0 Å². The molecule has 0 spiro atoms. The van der Waals surface area contributed by atoms with Crippen molar-refractivity contribution in [3.05, 3.63) is 72.4 Å². The molecule has 4 aromatic rings. The Kier molecular flexibility index (Phi) is 5.60. The quantitative estimate of drug-likeness (QED) is 0.508. The maximum Gasteiger partial charge on any atom is 0.162 e. The highest BCUT2D eigenvalue weighted by Gasteiger charge is 2.25. The van der Waals surface area contributed by atoms with E-state index in [-0.39, 0.29) is 6.04 Å². The number of rotatable bonds is 6. The second kappa shape index (κ2) is 8.83. The van der Waals surface area contributed by atoms with Crippen molar-refractivity contribution < 1.29 is 9.15 Å². The van der Waals surface area contributed by atoms with Gasteiger partial charge in [-0.2, -0.15) is 0 Å². The van der Waals surface area contributed by atoms with E-state index < -0.39 is 0 Å². The molecular weight excluding hydrogens is 390 g/mol. The minimum atomic E-state index is 0.0932. The van der Waals surface area contributed by atoms with Crippen LogP contribution in [0.25, 0.3) is 22.3 Å². The number of para-hydroxylation sites is 1. The predicted molar refractivity (Wildman–Crippen MR) is 120 cm³/mol. The van der Waals surface area contributed by atoms with E-state index in [1.165, 1.54) is 0 Å². The number of pyridine rings is 1. The van der Waals surface area contributed by atoms with Gasteiger partial charge in [-0.05, 0) is 43.3 Å². The molecule has 0 aliphatic carbocycles. The number of nitrogens with one attached hydrogen (secondary N) is 1. The van der Waals surface area contributed by atoms with Crippen molar-refractivity contribution in [3.8, 4) is 11.4 Å². The summed E-state index contributed by atoms with van der Waals surface area (Å²) in [5.74, 6) is 3.37. The molecule has 158 valence electrons. The number of nitrogens with zero attached hydrogens (tertiary/aromatic N) is 4. The Labute approximate surface area is 181 Å². The monoisotopic (exact) mass is 415 g/mol. The van der Waals surface area contributed by atoms with Crippen LogP contribution < -0.4 is 5.32 Å². The Hall–Kier alpha value is -3.29. The van der Waals surface area contributed by atoms with Gasteiger partial charge in [0.1, 0.15) is 17.3 Å². The van der Waals surface area contributed by atoms with Gasteiger partial charge in [-0.25, -0.2) is 9.97 Å². The second-order valence-electron chi connectivity index (χ2n) is 7.64. The van der Waals surface area contributed by atoms with Gasteiger partial charge in [-0.1, -0.05) is 12.1 Å². The number of aryl methyl sites for hydroxylation is 1. The fourth-order valence-electron chi connectivity index (χ4n) is 3.97. The summed E-state index contributed by atoms with van der Waals surface area (Å²) in [5, 5.41) is 4.59. The molecule has 1 fully saturated rings. The molecule has 0 saturated carbocycles. The van der Waals surface area contributed by atoms with Crippen molar-refractivity contribution in [2.75, 3.05) is 38.2 Å². The molecule has 1 saturated heterocycles. The molecule has 0 bridgehead atoms. The molecule has 1 N–H and O–H groups in total. The highest BCUT2D eigenvalue weighted by atomic mass is 16.5. The first-order chi connectivity index (χ1) is 15.3. The average molecular weight is 415 g/mol. The molecule has 0 amide bonds. The summed E-state index contributed by atoms with van der Waals surface area (Å²) in [5.41, 5.74) is 1.85. The summed E-state index contributed by atoms with van der Waals surface area (Å²) in [6.45, 7) is 5.87.